The zero-order valence-electron chi connectivity index (χ0n) is 21.6. The summed E-state index contributed by atoms with van der Waals surface area (Å²) in [6.45, 7) is 1.56. The van der Waals surface area contributed by atoms with Gasteiger partial charge in [0.1, 0.15) is 11.2 Å². The number of carbonyl (C=O) groups is 2. The van der Waals surface area contributed by atoms with Crippen LogP contribution in [0.1, 0.15) is 42.3 Å². The van der Waals surface area contributed by atoms with Gasteiger partial charge in [-0.15, -0.1) is 11.3 Å². The van der Waals surface area contributed by atoms with E-state index in [0.29, 0.717) is 38.9 Å². The van der Waals surface area contributed by atoms with E-state index in [1.165, 1.54) is 11.3 Å². The number of Topliss-reactive ketones (excluding diaryl/α,β-unsaturated/α-hetero) is 1. The number of aromatic nitrogens is 7. The topological polar surface area (TPSA) is 142 Å². The number of hydrogen-bond donors (Lipinski definition) is 3. The first-order valence-corrected chi connectivity index (χ1v) is 13.9. The Hall–Kier alpha value is -4.77. The summed E-state index contributed by atoms with van der Waals surface area (Å²) >= 11 is 1.43. The Balaban J connectivity index is 1.24. The van der Waals surface area contributed by atoms with E-state index in [2.05, 4.69) is 35.5 Å². The summed E-state index contributed by atoms with van der Waals surface area (Å²) in [6, 6.07) is 9.57. The maximum Gasteiger partial charge on any atom is 0.227 e. The fourth-order valence-corrected chi connectivity index (χ4v) is 6.16. The molecule has 11 heteroatoms. The Bertz CT molecular complexity index is 1910. The summed E-state index contributed by atoms with van der Waals surface area (Å²) in [7, 11) is 0. The van der Waals surface area contributed by atoms with Crippen molar-refractivity contribution in [2.24, 2.45) is 5.92 Å². The fourth-order valence-electron chi connectivity index (χ4n) is 5.23. The molecular formula is C29H24N8O2S. The Morgan fingerprint density at radius 1 is 1.00 bits per heavy atom. The van der Waals surface area contributed by atoms with E-state index in [1.807, 2.05) is 30.3 Å². The highest BCUT2D eigenvalue weighted by Crippen LogP contribution is 2.35. The van der Waals surface area contributed by atoms with Crippen LogP contribution in [-0.4, -0.2) is 46.8 Å². The highest BCUT2D eigenvalue weighted by Gasteiger charge is 2.23. The molecular weight excluding hydrogens is 524 g/mol. The maximum absolute atomic E-state index is 12.6. The second-order valence-corrected chi connectivity index (χ2v) is 11.1. The molecule has 6 heterocycles. The smallest absolute Gasteiger partial charge is 0.227 e. The second kappa shape index (κ2) is 9.76. The van der Waals surface area contributed by atoms with Gasteiger partial charge in [0.15, 0.2) is 22.9 Å². The lowest BCUT2D eigenvalue weighted by atomic mass is 10.1. The molecule has 0 bridgehead atoms. The van der Waals surface area contributed by atoms with Crippen molar-refractivity contribution in [2.45, 2.75) is 32.6 Å². The van der Waals surface area contributed by atoms with Gasteiger partial charge in [0.2, 0.25) is 5.91 Å². The summed E-state index contributed by atoms with van der Waals surface area (Å²) in [5.41, 5.74) is 5.79. The molecule has 40 heavy (non-hydrogen) atoms. The van der Waals surface area contributed by atoms with Crippen molar-refractivity contribution in [1.82, 2.24) is 35.1 Å². The standard InChI is InChI=1S/C29H24N8O2S/c1-15(38)22-6-7-23(40-22)20-8-9-31-27-24(20)34-28(35-27)25-21-11-18(13-32-26(21)37-36-25)17-10-19(14-30-12-17)33-29(39)16-4-2-3-5-16/h6-14,16H,2-5H2,1H3,(H,33,39)(H,31,34,35)(H,32,36,37). The van der Waals surface area contributed by atoms with Crippen LogP contribution in [0.15, 0.2) is 55.1 Å². The third-order valence-corrected chi connectivity index (χ3v) is 8.53. The predicted molar refractivity (Wildman–Crippen MR) is 154 cm³/mol. The van der Waals surface area contributed by atoms with Crippen LogP contribution in [0.3, 0.4) is 0 Å². The summed E-state index contributed by atoms with van der Waals surface area (Å²) in [5.74, 6) is 0.719. The van der Waals surface area contributed by atoms with E-state index >= 15 is 0 Å². The SMILES string of the molecule is CC(=O)c1ccc(-c2ccnc3[nH]c(-c4n[nH]c5ncc(-c6cncc(NC(=O)C7CCCC7)c6)cc45)nc23)s1. The molecule has 0 atom stereocenters. The lowest BCUT2D eigenvalue weighted by Crippen LogP contribution is -2.20. The van der Waals surface area contributed by atoms with Crippen LogP contribution in [-0.2, 0) is 4.79 Å². The molecule has 10 nitrogen and oxygen atoms in total. The largest absolute Gasteiger partial charge is 0.324 e. The van der Waals surface area contributed by atoms with Crippen LogP contribution in [0, 0.1) is 5.92 Å². The molecule has 6 aromatic heterocycles. The first-order valence-electron chi connectivity index (χ1n) is 13.1. The predicted octanol–water partition coefficient (Wildman–Crippen LogP) is 6.02. The van der Waals surface area contributed by atoms with Crippen molar-refractivity contribution >= 4 is 50.9 Å². The van der Waals surface area contributed by atoms with E-state index < -0.39 is 0 Å². The van der Waals surface area contributed by atoms with Crippen molar-refractivity contribution in [3.8, 4) is 33.1 Å². The molecule has 0 saturated heterocycles. The zero-order valence-corrected chi connectivity index (χ0v) is 22.4. The molecule has 7 rings (SSSR count). The number of ketones is 1. The second-order valence-electron chi connectivity index (χ2n) is 9.99. The van der Waals surface area contributed by atoms with Gasteiger partial charge in [-0.1, -0.05) is 12.8 Å². The van der Waals surface area contributed by atoms with E-state index in [1.54, 1.807) is 31.7 Å². The molecule has 6 aromatic rings. The number of aromatic amines is 2. The van der Waals surface area contributed by atoms with Gasteiger partial charge in [-0.2, -0.15) is 5.10 Å². The minimum Gasteiger partial charge on any atom is -0.324 e. The van der Waals surface area contributed by atoms with E-state index in [4.69, 9.17) is 4.98 Å². The Morgan fingerprint density at radius 2 is 1.85 bits per heavy atom. The minimum atomic E-state index is 0.0347. The number of hydrogen-bond acceptors (Lipinski definition) is 8. The number of thiophene rings is 1. The van der Waals surface area contributed by atoms with E-state index in [9.17, 15) is 9.59 Å². The summed E-state index contributed by atoms with van der Waals surface area (Å²) in [5, 5.41) is 11.3. The molecule has 0 radical (unpaired) electrons. The first kappa shape index (κ1) is 24.3. The van der Waals surface area contributed by atoms with Gasteiger partial charge in [-0.05, 0) is 50.1 Å². The molecule has 1 saturated carbocycles. The fraction of sp³-hybridized carbons (Fsp3) is 0.207. The van der Waals surface area contributed by atoms with Crippen LogP contribution < -0.4 is 5.32 Å². The number of pyridine rings is 3. The molecule has 0 aromatic carbocycles. The van der Waals surface area contributed by atoms with Crippen LogP contribution >= 0.6 is 11.3 Å². The Labute approximate surface area is 232 Å². The Morgan fingerprint density at radius 3 is 2.67 bits per heavy atom. The molecule has 1 aliphatic rings. The van der Waals surface area contributed by atoms with Gasteiger partial charge in [0.05, 0.1) is 22.1 Å². The molecule has 0 unspecified atom stereocenters. The third kappa shape index (κ3) is 4.34. The lowest BCUT2D eigenvalue weighted by molar-refractivity contribution is -0.119. The first-order chi connectivity index (χ1) is 19.5. The number of carbonyl (C=O) groups excluding carboxylic acids is 2. The van der Waals surface area contributed by atoms with E-state index in [0.717, 1.165) is 52.6 Å². The molecule has 1 amide bonds. The van der Waals surface area contributed by atoms with Crippen molar-refractivity contribution in [3.05, 3.63) is 60.0 Å². The summed E-state index contributed by atoms with van der Waals surface area (Å²) < 4.78 is 0. The van der Waals surface area contributed by atoms with Gasteiger partial charge in [0.25, 0.3) is 0 Å². The van der Waals surface area contributed by atoms with Crippen molar-refractivity contribution < 1.29 is 9.59 Å². The number of amides is 1. The maximum atomic E-state index is 12.6. The molecule has 1 fully saturated rings. The number of rotatable bonds is 6. The quantitative estimate of drug-likeness (QED) is 0.216. The molecule has 198 valence electrons. The summed E-state index contributed by atoms with van der Waals surface area (Å²) in [4.78, 5) is 47.6. The third-order valence-electron chi connectivity index (χ3n) is 7.31. The van der Waals surface area contributed by atoms with Crippen molar-refractivity contribution in [3.63, 3.8) is 0 Å². The zero-order chi connectivity index (χ0) is 27.2. The minimum absolute atomic E-state index is 0.0347. The summed E-state index contributed by atoms with van der Waals surface area (Å²) in [6.07, 6.45) is 11.0. The molecule has 3 N–H and O–H groups in total. The number of H-pyrrole nitrogens is 2. The van der Waals surface area contributed by atoms with Gasteiger partial charge in [-0.25, -0.2) is 15.0 Å². The molecule has 1 aliphatic carbocycles. The highest BCUT2D eigenvalue weighted by molar-refractivity contribution is 7.17. The lowest BCUT2D eigenvalue weighted by Gasteiger charge is -2.11. The van der Waals surface area contributed by atoms with Gasteiger partial charge in [-0.3, -0.25) is 19.7 Å². The number of imidazole rings is 1. The highest BCUT2D eigenvalue weighted by atomic mass is 32.1. The number of fused-ring (bicyclic) bond motifs is 2. The van der Waals surface area contributed by atoms with Crippen LogP contribution in [0.2, 0.25) is 0 Å². The van der Waals surface area contributed by atoms with Crippen molar-refractivity contribution in [2.75, 3.05) is 5.32 Å². The monoisotopic (exact) mass is 548 g/mol. The van der Waals surface area contributed by atoms with Crippen molar-refractivity contribution in [1.29, 1.82) is 0 Å². The van der Waals surface area contributed by atoms with Crippen LogP contribution in [0.5, 0.6) is 0 Å². The van der Waals surface area contributed by atoms with Crippen LogP contribution in [0.25, 0.3) is 55.3 Å². The van der Waals surface area contributed by atoms with Crippen LogP contribution in [0.4, 0.5) is 5.69 Å². The normalized spacial score (nSPS) is 13.8. The van der Waals surface area contributed by atoms with E-state index in [-0.39, 0.29) is 17.6 Å². The number of nitrogens with zero attached hydrogens (tertiary/aromatic N) is 5. The number of anilines is 1. The average molecular weight is 549 g/mol. The molecule has 0 aliphatic heterocycles. The number of nitrogens with one attached hydrogen (secondary N) is 3. The van der Waals surface area contributed by atoms with Gasteiger partial charge in [0, 0.05) is 46.1 Å². The van der Waals surface area contributed by atoms with Gasteiger partial charge >= 0.3 is 0 Å². The van der Waals surface area contributed by atoms with Gasteiger partial charge < -0.3 is 10.3 Å². The average Bonchev–Trinajstić information content (AvgIpc) is 3.78. The molecule has 0 spiro atoms. The Kier molecular flexibility index (Phi) is 5.93.